The first-order chi connectivity index (χ1) is 16.8. The van der Waals surface area contributed by atoms with Crippen LogP contribution in [0.1, 0.15) is 49.7 Å². The average Bonchev–Trinajstić information content (AvgIpc) is 2.87. The number of carboxylic acids is 1. The van der Waals surface area contributed by atoms with Gasteiger partial charge >= 0.3 is 5.97 Å². The number of benzene rings is 2. The lowest BCUT2D eigenvalue weighted by molar-refractivity contribution is -0.144. The van der Waals surface area contributed by atoms with Crippen LogP contribution in [0.15, 0.2) is 42.5 Å². The number of carboxylic acid groups (broad SMARTS) is 1. The Labute approximate surface area is 219 Å². The van der Waals surface area contributed by atoms with Crippen LogP contribution in [-0.4, -0.2) is 65.7 Å². The third-order valence-corrected chi connectivity index (χ3v) is 8.63. The van der Waals surface area contributed by atoms with Crippen molar-refractivity contribution in [2.45, 2.75) is 57.6 Å². The van der Waals surface area contributed by atoms with Crippen molar-refractivity contribution in [2.24, 2.45) is 5.92 Å². The molecular weight excluding hydrogens is 483 g/mol. The fourth-order valence-corrected chi connectivity index (χ4v) is 5.92. The minimum absolute atomic E-state index is 0.0385. The van der Waals surface area contributed by atoms with Crippen molar-refractivity contribution < 1.29 is 14.6 Å². The molecule has 0 aromatic heterocycles. The Hall–Kier alpha value is -1.79. The Bertz CT molecular complexity index is 987. The quantitative estimate of drug-likeness (QED) is 0.456. The van der Waals surface area contributed by atoms with Gasteiger partial charge in [0.25, 0.3) is 0 Å². The molecule has 0 radical (unpaired) electrons. The van der Waals surface area contributed by atoms with Gasteiger partial charge in [-0.3, -0.25) is 9.69 Å². The summed E-state index contributed by atoms with van der Waals surface area (Å²) in [6.07, 6.45) is 4.27. The Morgan fingerprint density at radius 1 is 1.03 bits per heavy atom. The summed E-state index contributed by atoms with van der Waals surface area (Å²) in [5, 5.41) is 11.1. The molecule has 4 rings (SSSR count). The predicted octanol–water partition coefficient (Wildman–Crippen LogP) is 6.11. The number of halogens is 2. The zero-order valence-corrected chi connectivity index (χ0v) is 22.1. The minimum atomic E-state index is -0.723. The second kappa shape index (κ2) is 12.0. The molecule has 2 heterocycles. The van der Waals surface area contributed by atoms with Crippen LogP contribution in [0.25, 0.3) is 0 Å². The number of ether oxygens (including phenoxy) is 1. The van der Waals surface area contributed by atoms with Crippen LogP contribution in [0.5, 0.6) is 5.75 Å². The van der Waals surface area contributed by atoms with E-state index in [4.69, 9.17) is 27.9 Å². The molecule has 2 aliphatic heterocycles. The van der Waals surface area contributed by atoms with Gasteiger partial charge in [0.1, 0.15) is 17.9 Å². The van der Waals surface area contributed by atoms with E-state index in [2.05, 4.69) is 9.80 Å². The highest BCUT2D eigenvalue weighted by molar-refractivity contribution is 6.42. The number of hydrogen-bond acceptors (Lipinski definition) is 4. The number of nitrogens with zero attached hydrogens (tertiary/aromatic N) is 2. The molecule has 1 N–H and O–H groups in total. The fourth-order valence-electron chi connectivity index (χ4n) is 5.56. The van der Waals surface area contributed by atoms with Gasteiger partial charge in [-0.25, -0.2) is 0 Å². The third kappa shape index (κ3) is 6.51. The lowest BCUT2D eigenvalue weighted by Gasteiger charge is -2.40. The number of piperidine rings is 2. The van der Waals surface area contributed by atoms with Gasteiger partial charge in [0, 0.05) is 31.1 Å². The smallest absolute Gasteiger partial charge is 0.321 e. The maximum absolute atomic E-state index is 12.2. The highest BCUT2D eigenvalue weighted by Gasteiger charge is 2.35. The number of carbonyl (C=O) groups is 1. The van der Waals surface area contributed by atoms with E-state index in [9.17, 15) is 9.90 Å². The van der Waals surface area contributed by atoms with Crippen molar-refractivity contribution in [1.82, 2.24) is 9.80 Å². The normalized spacial score (nSPS) is 20.5. The second-order valence-electron chi connectivity index (χ2n) is 10.1. The Kier molecular flexibility index (Phi) is 8.98. The Morgan fingerprint density at radius 2 is 1.69 bits per heavy atom. The number of rotatable bonds is 8. The van der Waals surface area contributed by atoms with Crippen LogP contribution in [0.2, 0.25) is 10.0 Å². The van der Waals surface area contributed by atoms with Crippen molar-refractivity contribution in [2.75, 3.05) is 32.7 Å². The molecule has 2 fully saturated rings. The summed E-state index contributed by atoms with van der Waals surface area (Å²) in [7, 11) is 0. The van der Waals surface area contributed by atoms with Gasteiger partial charge < -0.3 is 14.7 Å². The summed E-state index contributed by atoms with van der Waals surface area (Å²) in [6.45, 7) is 8.79. The van der Waals surface area contributed by atoms with E-state index >= 15 is 0 Å². The monoisotopic (exact) mass is 518 g/mol. The van der Waals surface area contributed by atoms with Crippen molar-refractivity contribution >= 4 is 29.2 Å². The summed E-state index contributed by atoms with van der Waals surface area (Å²) in [5.41, 5.74) is 1.98. The molecule has 1 unspecified atom stereocenters. The average molecular weight is 520 g/mol. The molecule has 0 bridgehead atoms. The molecule has 190 valence electrons. The molecule has 5 nitrogen and oxygen atoms in total. The maximum atomic E-state index is 12.2. The van der Waals surface area contributed by atoms with Gasteiger partial charge in [-0.2, -0.15) is 0 Å². The van der Waals surface area contributed by atoms with E-state index in [0.717, 1.165) is 75.3 Å². The first-order valence-electron chi connectivity index (χ1n) is 12.7. The van der Waals surface area contributed by atoms with Gasteiger partial charge in [0.2, 0.25) is 0 Å². The highest BCUT2D eigenvalue weighted by Crippen LogP contribution is 2.34. The van der Waals surface area contributed by atoms with Gasteiger partial charge in [-0.1, -0.05) is 60.5 Å². The van der Waals surface area contributed by atoms with Crippen molar-refractivity contribution in [3.63, 3.8) is 0 Å². The topological polar surface area (TPSA) is 53.0 Å². The van der Waals surface area contributed by atoms with Gasteiger partial charge in [0.05, 0.1) is 10.0 Å². The van der Waals surface area contributed by atoms with Crippen LogP contribution < -0.4 is 4.74 Å². The Balaban J connectivity index is 1.24. The first kappa shape index (κ1) is 26.3. The number of hydrogen-bond donors (Lipinski definition) is 1. The van der Waals surface area contributed by atoms with Crippen LogP contribution in [0, 0.1) is 12.8 Å². The summed E-state index contributed by atoms with van der Waals surface area (Å²) in [6, 6.07) is 13.2. The minimum Gasteiger partial charge on any atom is -0.490 e. The van der Waals surface area contributed by atoms with E-state index in [1.807, 2.05) is 50.2 Å². The number of likely N-dealkylation sites (tertiary alicyclic amines) is 2. The highest BCUT2D eigenvalue weighted by atomic mass is 35.5. The lowest BCUT2D eigenvalue weighted by Crippen LogP contribution is -2.49. The van der Waals surface area contributed by atoms with Gasteiger partial charge in [0.15, 0.2) is 0 Å². The zero-order valence-electron chi connectivity index (χ0n) is 20.6. The molecule has 2 aromatic carbocycles. The standard InChI is InChI=1S/C28H36Cl2N2O3/c1-19(22-6-4-3-5-7-22)27(28(33)34)32-16-10-21(11-17-32)18-31-14-12-23(13-15-31)35-25-9-8-24(29)26(30)20(25)2/h3-9,19,21,23,27H,10-18H2,1-2H3,(H,33,34)/t19?,27-/m0/s1. The molecule has 2 aliphatic rings. The number of aliphatic carboxylic acids is 1. The van der Waals surface area contributed by atoms with Gasteiger partial charge in [-0.15, -0.1) is 0 Å². The first-order valence-corrected chi connectivity index (χ1v) is 13.4. The fraction of sp³-hybridized carbons (Fsp3) is 0.536. The van der Waals surface area contributed by atoms with Gasteiger partial charge in [-0.05, 0) is 69.3 Å². The SMILES string of the molecule is Cc1c(OC2CCN(CC3CCN([C@H](C(=O)O)C(C)c4ccccc4)CC3)CC2)ccc(Cl)c1Cl. The van der Waals surface area contributed by atoms with Crippen molar-refractivity contribution in [3.05, 3.63) is 63.6 Å². The van der Waals surface area contributed by atoms with Crippen molar-refractivity contribution in [3.8, 4) is 5.75 Å². The molecule has 0 aliphatic carbocycles. The van der Waals surface area contributed by atoms with E-state index in [1.54, 1.807) is 6.07 Å². The Morgan fingerprint density at radius 3 is 2.31 bits per heavy atom. The molecule has 0 spiro atoms. The third-order valence-electron chi connectivity index (χ3n) is 7.73. The van der Waals surface area contributed by atoms with E-state index in [1.165, 1.54) is 0 Å². The van der Waals surface area contributed by atoms with Crippen molar-refractivity contribution in [1.29, 1.82) is 0 Å². The molecule has 2 saturated heterocycles. The molecule has 35 heavy (non-hydrogen) atoms. The summed E-state index contributed by atoms with van der Waals surface area (Å²) in [5.74, 6) is 0.674. The summed E-state index contributed by atoms with van der Waals surface area (Å²) < 4.78 is 6.25. The second-order valence-corrected chi connectivity index (χ2v) is 10.8. The molecule has 2 atom stereocenters. The largest absolute Gasteiger partial charge is 0.490 e. The van der Waals surface area contributed by atoms with Crippen LogP contribution in [-0.2, 0) is 4.79 Å². The predicted molar refractivity (Wildman–Crippen MR) is 142 cm³/mol. The van der Waals surface area contributed by atoms with E-state index < -0.39 is 12.0 Å². The lowest BCUT2D eigenvalue weighted by atomic mass is 9.88. The maximum Gasteiger partial charge on any atom is 0.321 e. The molecule has 0 amide bonds. The summed E-state index contributed by atoms with van der Waals surface area (Å²) in [4.78, 5) is 16.9. The van der Waals surface area contributed by atoms with Crippen LogP contribution >= 0.6 is 23.2 Å². The molecule has 0 saturated carbocycles. The van der Waals surface area contributed by atoms with E-state index in [0.29, 0.717) is 16.0 Å². The van der Waals surface area contributed by atoms with E-state index in [-0.39, 0.29) is 12.0 Å². The molecule has 2 aromatic rings. The zero-order chi connectivity index (χ0) is 24.9. The van der Waals surface area contributed by atoms with Crippen LogP contribution in [0.3, 0.4) is 0 Å². The van der Waals surface area contributed by atoms with Crippen LogP contribution in [0.4, 0.5) is 0 Å². The molecule has 7 heteroatoms. The molecular formula is C28H36Cl2N2O3. The summed E-state index contributed by atoms with van der Waals surface area (Å²) >= 11 is 12.4.